The maximum absolute atomic E-state index is 11.4. The molecule has 4 aliphatic rings. The summed E-state index contributed by atoms with van der Waals surface area (Å²) >= 11 is 0. The van der Waals surface area contributed by atoms with E-state index in [1.54, 1.807) is 21.3 Å². The number of nitrogens with zero attached hydrogens (tertiary/aromatic N) is 2. The predicted molar refractivity (Wildman–Crippen MR) is 164 cm³/mol. The van der Waals surface area contributed by atoms with Crippen LogP contribution in [0.15, 0.2) is 36.4 Å². The van der Waals surface area contributed by atoms with Crippen molar-refractivity contribution in [2.45, 2.75) is 37.8 Å². The van der Waals surface area contributed by atoms with Gasteiger partial charge in [0.05, 0.1) is 21.3 Å². The summed E-state index contributed by atoms with van der Waals surface area (Å²) in [6.07, 6.45) is 3.32. The van der Waals surface area contributed by atoms with E-state index < -0.39 is 0 Å². The second kappa shape index (κ2) is 9.69. The van der Waals surface area contributed by atoms with E-state index in [4.69, 9.17) is 23.7 Å². The lowest BCUT2D eigenvalue weighted by molar-refractivity contribution is 0.221. The summed E-state index contributed by atoms with van der Waals surface area (Å²) in [5.41, 5.74) is 7.00. The first-order chi connectivity index (χ1) is 20.9. The number of likely N-dealkylation sites (N-methyl/N-ethyl adjacent to an activating group) is 2. The minimum atomic E-state index is -0.00499. The van der Waals surface area contributed by atoms with Crippen LogP contribution in [0.2, 0.25) is 0 Å². The number of benzene rings is 4. The molecule has 0 saturated carbocycles. The molecular formula is C35H36N2O6. The number of phenolic OH excluding ortho intramolecular Hbond substituents is 1. The van der Waals surface area contributed by atoms with Gasteiger partial charge in [-0.05, 0) is 97.9 Å². The number of aromatic hydroxyl groups is 1. The van der Waals surface area contributed by atoms with Crippen molar-refractivity contribution in [3.63, 3.8) is 0 Å². The van der Waals surface area contributed by atoms with Crippen LogP contribution in [-0.2, 0) is 25.7 Å². The normalized spacial score (nSPS) is 20.4. The van der Waals surface area contributed by atoms with Gasteiger partial charge >= 0.3 is 0 Å². The molecule has 8 nitrogen and oxygen atoms in total. The number of ether oxygens (including phenoxy) is 5. The average molecular weight is 581 g/mol. The molecule has 0 aromatic heterocycles. The number of hydrogen-bond donors (Lipinski definition) is 1. The Morgan fingerprint density at radius 1 is 0.698 bits per heavy atom. The highest BCUT2D eigenvalue weighted by atomic mass is 16.5. The highest BCUT2D eigenvalue weighted by Gasteiger charge is 2.37. The van der Waals surface area contributed by atoms with Crippen molar-refractivity contribution in [1.82, 2.24) is 9.80 Å². The second-order valence-corrected chi connectivity index (χ2v) is 12.2. The molecule has 4 aromatic rings. The van der Waals surface area contributed by atoms with E-state index in [0.717, 1.165) is 65.6 Å². The Labute approximate surface area is 251 Å². The molecule has 4 bridgehead atoms. The quantitative estimate of drug-likeness (QED) is 0.302. The lowest BCUT2D eigenvalue weighted by atomic mass is 9.83. The van der Waals surface area contributed by atoms with Gasteiger partial charge in [0.15, 0.2) is 34.5 Å². The largest absolute Gasteiger partial charge is 0.502 e. The zero-order chi connectivity index (χ0) is 29.6. The minimum absolute atomic E-state index is 0.00499. The van der Waals surface area contributed by atoms with Gasteiger partial charge in [0, 0.05) is 41.5 Å². The monoisotopic (exact) mass is 580 g/mol. The molecule has 8 rings (SSSR count). The number of methoxy groups -OCH3 is 3. The summed E-state index contributed by atoms with van der Waals surface area (Å²) in [4.78, 5) is 4.77. The fourth-order valence-corrected chi connectivity index (χ4v) is 7.75. The maximum Gasteiger partial charge on any atom is 0.201 e. The van der Waals surface area contributed by atoms with Crippen LogP contribution in [0, 0.1) is 0 Å². The Balaban J connectivity index is 1.43. The van der Waals surface area contributed by atoms with Crippen LogP contribution in [0.25, 0.3) is 10.8 Å². The Kier molecular flexibility index (Phi) is 5.97. The van der Waals surface area contributed by atoms with Gasteiger partial charge in [-0.2, -0.15) is 0 Å². The van der Waals surface area contributed by atoms with E-state index in [0.29, 0.717) is 40.9 Å². The SMILES string of the molecule is COc1cc2c3cc1Oc1cc4c5c(ccc(c5c1OC)CC3N(C)CC2)Oc1c(O)c(OC)cc2c1C(C4)N(C)CC2. The van der Waals surface area contributed by atoms with Crippen LogP contribution in [0.1, 0.15) is 45.5 Å². The molecule has 0 fully saturated rings. The van der Waals surface area contributed by atoms with E-state index in [-0.39, 0.29) is 17.8 Å². The van der Waals surface area contributed by atoms with Crippen molar-refractivity contribution in [3.8, 4) is 46.0 Å². The second-order valence-electron chi connectivity index (χ2n) is 12.2. The standard InChI is InChI=1S/C35H36N2O6/c1-36-10-8-18-14-26(39-3)27-17-22(18)23(36)12-19-6-7-25-31-21(16-29(42-27)34(41-5)32(19)31)13-24-30-20(9-11-37(24)2)15-28(40-4)33(38)35(30)43-25/h6-7,14-17,23-24,38H,8-13H2,1-5H3. The van der Waals surface area contributed by atoms with E-state index >= 15 is 0 Å². The van der Waals surface area contributed by atoms with Gasteiger partial charge < -0.3 is 28.8 Å². The smallest absolute Gasteiger partial charge is 0.201 e. The lowest BCUT2D eigenvalue weighted by Gasteiger charge is -2.38. The molecule has 0 aliphatic carbocycles. The van der Waals surface area contributed by atoms with E-state index in [1.807, 2.05) is 12.1 Å². The molecule has 1 N–H and O–H groups in total. The molecule has 43 heavy (non-hydrogen) atoms. The third-order valence-electron chi connectivity index (χ3n) is 10.0. The highest BCUT2D eigenvalue weighted by Crippen LogP contribution is 2.55. The summed E-state index contributed by atoms with van der Waals surface area (Å²) in [6.45, 7) is 1.85. The van der Waals surface area contributed by atoms with E-state index in [9.17, 15) is 5.11 Å². The molecular weight excluding hydrogens is 544 g/mol. The Hall–Kier alpha value is -4.14. The van der Waals surface area contributed by atoms with Gasteiger partial charge in [0.2, 0.25) is 5.75 Å². The first-order valence-electron chi connectivity index (χ1n) is 14.9. The first-order valence-corrected chi connectivity index (χ1v) is 14.9. The predicted octanol–water partition coefficient (Wildman–Crippen LogP) is 6.33. The van der Waals surface area contributed by atoms with Gasteiger partial charge in [0.25, 0.3) is 0 Å². The van der Waals surface area contributed by atoms with Gasteiger partial charge in [-0.3, -0.25) is 9.80 Å². The van der Waals surface area contributed by atoms with Crippen molar-refractivity contribution in [2.75, 3.05) is 48.5 Å². The Morgan fingerprint density at radius 3 is 2.19 bits per heavy atom. The first kappa shape index (κ1) is 26.5. The van der Waals surface area contributed by atoms with Gasteiger partial charge in [0.1, 0.15) is 5.75 Å². The zero-order valence-electron chi connectivity index (χ0n) is 25.2. The molecule has 8 heteroatoms. The highest BCUT2D eigenvalue weighted by molar-refractivity contribution is 6.01. The van der Waals surface area contributed by atoms with Crippen molar-refractivity contribution in [1.29, 1.82) is 0 Å². The van der Waals surface area contributed by atoms with E-state index in [2.05, 4.69) is 48.2 Å². The van der Waals surface area contributed by atoms with Gasteiger partial charge in [-0.25, -0.2) is 0 Å². The third kappa shape index (κ3) is 3.82. The van der Waals surface area contributed by atoms with Gasteiger partial charge in [-0.15, -0.1) is 0 Å². The topological polar surface area (TPSA) is 72.9 Å². The molecule has 0 amide bonds. The summed E-state index contributed by atoms with van der Waals surface area (Å²) < 4.78 is 31.1. The molecule has 4 aromatic carbocycles. The lowest BCUT2D eigenvalue weighted by Crippen LogP contribution is -2.34. The summed E-state index contributed by atoms with van der Waals surface area (Å²) in [6, 6.07) is 12.7. The molecule has 0 radical (unpaired) electrons. The summed E-state index contributed by atoms with van der Waals surface area (Å²) in [5.74, 6) is 4.35. The average Bonchev–Trinajstić information content (AvgIpc) is 3.00. The molecule has 0 spiro atoms. The van der Waals surface area contributed by atoms with Crippen molar-refractivity contribution >= 4 is 10.8 Å². The fraction of sp³-hybridized carbons (Fsp3) is 0.371. The summed E-state index contributed by atoms with van der Waals surface area (Å²) in [7, 11) is 9.31. The van der Waals surface area contributed by atoms with Crippen LogP contribution < -0.4 is 23.7 Å². The maximum atomic E-state index is 11.4. The minimum Gasteiger partial charge on any atom is -0.502 e. The molecule has 0 saturated heterocycles. The molecule has 4 aliphatic heterocycles. The molecule has 2 atom stereocenters. The fourth-order valence-electron chi connectivity index (χ4n) is 7.75. The number of hydrogen-bond acceptors (Lipinski definition) is 8. The Morgan fingerprint density at radius 2 is 1.42 bits per heavy atom. The van der Waals surface area contributed by atoms with Crippen LogP contribution in [-0.4, -0.2) is 63.4 Å². The van der Waals surface area contributed by atoms with Crippen LogP contribution in [0.5, 0.6) is 46.0 Å². The van der Waals surface area contributed by atoms with Gasteiger partial charge in [-0.1, -0.05) is 6.07 Å². The van der Waals surface area contributed by atoms with Crippen molar-refractivity contribution < 1.29 is 28.8 Å². The zero-order valence-corrected chi connectivity index (χ0v) is 25.2. The molecule has 222 valence electrons. The van der Waals surface area contributed by atoms with Crippen LogP contribution in [0.3, 0.4) is 0 Å². The van der Waals surface area contributed by atoms with Crippen molar-refractivity contribution in [2.24, 2.45) is 0 Å². The number of rotatable bonds is 3. The third-order valence-corrected chi connectivity index (χ3v) is 10.0. The molecule has 2 unspecified atom stereocenters. The summed E-state index contributed by atoms with van der Waals surface area (Å²) in [5, 5.41) is 13.4. The van der Waals surface area contributed by atoms with E-state index in [1.165, 1.54) is 16.7 Å². The van der Waals surface area contributed by atoms with Crippen molar-refractivity contribution in [3.05, 3.63) is 69.8 Å². The Bertz CT molecular complexity index is 1820. The number of phenols is 1. The number of fused-ring (bicyclic) bond motifs is 2. The van der Waals surface area contributed by atoms with Crippen LogP contribution in [0.4, 0.5) is 0 Å². The molecule has 4 heterocycles. The van der Waals surface area contributed by atoms with Crippen LogP contribution >= 0.6 is 0 Å².